The summed E-state index contributed by atoms with van der Waals surface area (Å²) >= 11 is 0. The number of benzene rings is 1. The summed E-state index contributed by atoms with van der Waals surface area (Å²) in [6.45, 7) is 6.00. The highest BCUT2D eigenvalue weighted by Gasteiger charge is 2.17. The van der Waals surface area contributed by atoms with Crippen molar-refractivity contribution >= 4 is 0 Å². The first-order valence-electron chi connectivity index (χ1n) is 6.85. The number of aryl methyl sites for hydroxylation is 3. The van der Waals surface area contributed by atoms with Gasteiger partial charge < -0.3 is 5.32 Å². The van der Waals surface area contributed by atoms with Crippen LogP contribution in [0.5, 0.6) is 0 Å². The lowest BCUT2D eigenvalue weighted by Gasteiger charge is -2.18. The van der Waals surface area contributed by atoms with Gasteiger partial charge >= 0.3 is 0 Å². The molecule has 20 heavy (non-hydrogen) atoms. The minimum Gasteiger partial charge on any atom is -0.313 e. The van der Waals surface area contributed by atoms with Gasteiger partial charge in [0, 0.05) is 18.8 Å². The van der Waals surface area contributed by atoms with Crippen LogP contribution >= 0.6 is 0 Å². The van der Waals surface area contributed by atoms with Crippen LogP contribution in [0.3, 0.4) is 0 Å². The van der Waals surface area contributed by atoms with Crippen LogP contribution in [0.25, 0.3) is 0 Å². The van der Waals surface area contributed by atoms with E-state index in [4.69, 9.17) is 0 Å². The molecule has 3 nitrogen and oxygen atoms in total. The van der Waals surface area contributed by atoms with Gasteiger partial charge in [-0.2, -0.15) is 5.10 Å². The smallest absolute Gasteiger partial charge is 0.123 e. The first-order chi connectivity index (χ1) is 9.42. The van der Waals surface area contributed by atoms with Gasteiger partial charge in [-0.15, -0.1) is 0 Å². The first-order valence-corrected chi connectivity index (χ1v) is 6.85. The number of hydrogen-bond donors (Lipinski definition) is 1. The van der Waals surface area contributed by atoms with E-state index in [0.29, 0.717) is 0 Å². The molecule has 0 saturated carbocycles. The average Bonchev–Trinajstić information content (AvgIpc) is 2.60. The molecule has 0 aliphatic rings. The first kappa shape index (κ1) is 14.7. The predicted molar refractivity (Wildman–Crippen MR) is 79.3 cm³/mol. The number of hydrogen-bond acceptors (Lipinski definition) is 2. The van der Waals surface area contributed by atoms with Crippen molar-refractivity contribution < 1.29 is 4.39 Å². The van der Waals surface area contributed by atoms with Crippen molar-refractivity contribution in [3.05, 3.63) is 52.1 Å². The van der Waals surface area contributed by atoms with Gasteiger partial charge in [-0.05, 0) is 63.1 Å². The molecule has 0 spiro atoms. The third-order valence-electron chi connectivity index (χ3n) is 3.88. The lowest BCUT2D eigenvalue weighted by atomic mass is 9.96. The van der Waals surface area contributed by atoms with Crippen LogP contribution in [-0.2, 0) is 13.5 Å². The predicted octanol–water partition coefficient (Wildman–Crippen LogP) is 2.99. The zero-order valence-electron chi connectivity index (χ0n) is 12.8. The van der Waals surface area contributed by atoms with Crippen LogP contribution in [0, 0.1) is 26.6 Å². The molecule has 0 amide bonds. The van der Waals surface area contributed by atoms with E-state index in [1.807, 2.05) is 38.7 Å². The highest BCUT2D eigenvalue weighted by Crippen LogP contribution is 2.23. The Bertz CT molecular complexity index is 596. The fraction of sp³-hybridized carbons (Fsp3) is 0.438. The topological polar surface area (TPSA) is 29.9 Å². The molecule has 0 radical (unpaired) electrons. The maximum absolute atomic E-state index is 13.6. The second-order valence-electron chi connectivity index (χ2n) is 5.38. The molecule has 2 rings (SSSR count). The third-order valence-corrected chi connectivity index (χ3v) is 3.88. The molecule has 1 heterocycles. The number of rotatable bonds is 4. The molecule has 0 saturated heterocycles. The third kappa shape index (κ3) is 2.90. The summed E-state index contributed by atoms with van der Waals surface area (Å²) in [4.78, 5) is 0. The van der Waals surface area contributed by atoms with Crippen molar-refractivity contribution in [2.45, 2.75) is 33.2 Å². The van der Waals surface area contributed by atoms with E-state index in [9.17, 15) is 4.39 Å². The molecule has 0 bridgehead atoms. The van der Waals surface area contributed by atoms with Gasteiger partial charge in [0.2, 0.25) is 0 Å². The Hall–Kier alpha value is -1.68. The maximum Gasteiger partial charge on any atom is 0.123 e. The molecule has 1 atom stereocenters. The maximum atomic E-state index is 13.6. The summed E-state index contributed by atoms with van der Waals surface area (Å²) in [6, 6.07) is 5.28. The second-order valence-corrected chi connectivity index (χ2v) is 5.38. The standard InChI is InChI=1S/C16H22FN3/c1-10-6-13(8-14(17)7-10)16(18-4)9-15-11(2)19-20(5)12(15)3/h6-8,16,18H,9H2,1-5H3. The Balaban J connectivity index is 2.33. The van der Waals surface area contributed by atoms with E-state index in [1.165, 1.54) is 5.56 Å². The fourth-order valence-corrected chi connectivity index (χ4v) is 2.67. The van der Waals surface area contributed by atoms with Crippen molar-refractivity contribution in [2.75, 3.05) is 7.05 Å². The monoisotopic (exact) mass is 275 g/mol. The van der Waals surface area contributed by atoms with Crippen LogP contribution in [0.1, 0.15) is 34.1 Å². The van der Waals surface area contributed by atoms with Crippen molar-refractivity contribution in [2.24, 2.45) is 7.05 Å². The molecule has 108 valence electrons. The molecule has 2 aromatic rings. The summed E-state index contributed by atoms with van der Waals surface area (Å²) in [5.41, 5.74) is 5.36. The Morgan fingerprint density at radius 3 is 2.45 bits per heavy atom. The molecular formula is C16H22FN3. The molecule has 0 fully saturated rings. The summed E-state index contributed by atoms with van der Waals surface area (Å²) in [5.74, 6) is -0.181. The van der Waals surface area contributed by atoms with Gasteiger partial charge in [-0.3, -0.25) is 4.68 Å². The number of nitrogens with zero attached hydrogens (tertiary/aromatic N) is 2. The summed E-state index contributed by atoms with van der Waals surface area (Å²) in [5, 5.41) is 7.72. The normalized spacial score (nSPS) is 12.7. The molecule has 0 aliphatic carbocycles. The number of likely N-dealkylation sites (N-methyl/N-ethyl adjacent to an activating group) is 1. The van der Waals surface area contributed by atoms with Crippen molar-refractivity contribution in [3.8, 4) is 0 Å². The van der Waals surface area contributed by atoms with Crippen LogP contribution in [0.15, 0.2) is 18.2 Å². The van der Waals surface area contributed by atoms with Gasteiger partial charge in [0.1, 0.15) is 5.82 Å². The number of halogens is 1. The van der Waals surface area contributed by atoms with Gasteiger partial charge in [-0.25, -0.2) is 4.39 Å². The van der Waals surface area contributed by atoms with Gasteiger partial charge in [-0.1, -0.05) is 6.07 Å². The van der Waals surface area contributed by atoms with Crippen LogP contribution in [0.4, 0.5) is 4.39 Å². The molecular weight excluding hydrogens is 253 g/mol. The average molecular weight is 275 g/mol. The highest BCUT2D eigenvalue weighted by atomic mass is 19.1. The fourth-order valence-electron chi connectivity index (χ4n) is 2.67. The van der Waals surface area contributed by atoms with Crippen LogP contribution < -0.4 is 5.32 Å². The lowest BCUT2D eigenvalue weighted by Crippen LogP contribution is -2.19. The largest absolute Gasteiger partial charge is 0.313 e. The molecule has 4 heteroatoms. The van der Waals surface area contributed by atoms with E-state index >= 15 is 0 Å². The quantitative estimate of drug-likeness (QED) is 0.929. The number of aromatic nitrogens is 2. The van der Waals surface area contributed by atoms with E-state index in [2.05, 4.69) is 17.3 Å². The van der Waals surface area contributed by atoms with Gasteiger partial charge in [0.15, 0.2) is 0 Å². The molecule has 1 aromatic heterocycles. The van der Waals surface area contributed by atoms with E-state index in [-0.39, 0.29) is 11.9 Å². The Morgan fingerprint density at radius 2 is 1.95 bits per heavy atom. The SMILES string of the molecule is CNC(Cc1c(C)nn(C)c1C)c1cc(C)cc(F)c1. The van der Waals surface area contributed by atoms with E-state index in [1.54, 1.807) is 12.1 Å². The van der Waals surface area contributed by atoms with E-state index in [0.717, 1.165) is 28.9 Å². The minimum atomic E-state index is -0.181. The molecule has 0 aliphatic heterocycles. The highest BCUT2D eigenvalue weighted by molar-refractivity contribution is 5.31. The lowest BCUT2D eigenvalue weighted by molar-refractivity contribution is 0.574. The molecule has 1 aromatic carbocycles. The van der Waals surface area contributed by atoms with Crippen LogP contribution in [-0.4, -0.2) is 16.8 Å². The Kier molecular flexibility index (Phi) is 4.23. The van der Waals surface area contributed by atoms with Gasteiger partial charge in [0.05, 0.1) is 5.69 Å². The van der Waals surface area contributed by atoms with Crippen molar-refractivity contribution in [1.82, 2.24) is 15.1 Å². The second kappa shape index (κ2) is 5.75. The summed E-state index contributed by atoms with van der Waals surface area (Å²) in [7, 11) is 3.86. The Labute approximate surface area is 119 Å². The van der Waals surface area contributed by atoms with Crippen molar-refractivity contribution in [3.63, 3.8) is 0 Å². The Morgan fingerprint density at radius 1 is 1.25 bits per heavy atom. The zero-order valence-corrected chi connectivity index (χ0v) is 12.8. The van der Waals surface area contributed by atoms with Gasteiger partial charge in [0.25, 0.3) is 0 Å². The molecule has 1 N–H and O–H groups in total. The van der Waals surface area contributed by atoms with Crippen LogP contribution in [0.2, 0.25) is 0 Å². The summed E-state index contributed by atoms with van der Waals surface area (Å²) < 4.78 is 15.5. The number of nitrogens with one attached hydrogen (secondary N) is 1. The summed E-state index contributed by atoms with van der Waals surface area (Å²) in [6.07, 6.45) is 0.810. The van der Waals surface area contributed by atoms with Crippen molar-refractivity contribution in [1.29, 1.82) is 0 Å². The molecule has 1 unspecified atom stereocenters. The zero-order chi connectivity index (χ0) is 14.9. The van der Waals surface area contributed by atoms with E-state index < -0.39 is 0 Å². The minimum absolute atomic E-state index is 0.0889.